The van der Waals surface area contributed by atoms with E-state index < -0.39 is 17.9 Å². The normalized spacial score (nSPS) is 9.84. The van der Waals surface area contributed by atoms with Gasteiger partial charge in [-0.3, -0.25) is 14.4 Å². The van der Waals surface area contributed by atoms with Gasteiger partial charge in [0.1, 0.15) is 0 Å². The smallest absolute Gasteiger partial charge is 0.303 e. The molecule has 0 fully saturated rings. The highest BCUT2D eigenvalue weighted by Gasteiger charge is 1.97. The molecular formula is C26H52O6. The Morgan fingerprint density at radius 3 is 0.812 bits per heavy atom. The summed E-state index contributed by atoms with van der Waals surface area (Å²) >= 11 is 0. The number of carbonyl (C=O) groups is 3. The summed E-state index contributed by atoms with van der Waals surface area (Å²) in [6.45, 7) is 4.45. The maximum absolute atomic E-state index is 10.4. The van der Waals surface area contributed by atoms with Crippen molar-refractivity contribution in [2.45, 2.75) is 149 Å². The van der Waals surface area contributed by atoms with E-state index in [4.69, 9.17) is 24.9 Å². The molecule has 6 nitrogen and oxygen atoms in total. The number of carboxylic acid groups (broad SMARTS) is 3. The highest BCUT2D eigenvalue weighted by molar-refractivity contribution is 5.66. The van der Waals surface area contributed by atoms with Crippen LogP contribution in [0.1, 0.15) is 149 Å². The first-order valence-corrected chi connectivity index (χ1v) is 12.8. The second kappa shape index (κ2) is 31.6. The Morgan fingerprint density at radius 1 is 0.438 bits per heavy atom. The standard InChI is InChI=1S/C22H44O2.2C2H4O2/c1-2-3-4-5-6-7-8-9-10-11-12-13-14-15-16-17-18-19-20-21-22(23)24;2*1-2(3)4/h2-21H2,1H3,(H,23,24);2*1H3,(H,3,4). The molecule has 0 saturated carbocycles. The van der Waals surface area contributed by atoms with Crippen molar-refractivity contribution in [3.8, 4) is 0 Å². The Hall–Kier alpha value is -1.59. The van der Waals surface area contributed by atoms with E-state index in [1.165, 1.54) is 109 Å². The molecule has 3 N–H and O–H groups in total. The maximum Gasteiger partial charge on any atom is 0.303 e. The largest absolute Gasteiger partial charge is 0.481 e. The van der Waals surface area contributed by atoms with Crippen molar-refractivity contribution >= 4 is 17.9 Å². The summed E-state index contributed by atoms with van der Waals surface area (Å²) in [6, 6.07) is 0. The van der Waals surface area contributed by atoms with E-state index >= 15 is 0 Å². The molecule has 0 rings (SSSR count). The Kier molecular flexibility index (Phi) is 34.6. The first-order chi connectivity index (χ1) is 15.2. The molecule has 0 aliphatic carbocycles. The zero-order valence-electron chi connectivity index (χ0n) is 21.2. The summed E-state index contributed by atoms with van der Waals surface area (Å²) in [5.41, 5.74) is 0. The van der Waals surface area contributed by atoms with Crippen molar-refractivity contribution in [1.82, 2.24) is 0 Å². The minimum atomic E-state index is -0.833. The van der Waals surface area contributed by atoms with E-state index in [9.17, 15) is 4.79 Å². The molecule has 0 aliphatic heterocycles. The van der Waals surface area contributed by atoms with E-state index in [-0.39, 0.29) is 0 Å². The van der Waals surface area contributed by atoms with Gasteiger partial charge in [-0.05, 0) is 6.42 Å². The number of rotatable bonds is 20. The van der Waals surface area contributed by atoms with E-state index in [1.807, 2.05) is 0 Å². The second-order valence-electron chi connectivity index (χ2n) is 8.55. The number of aliphatic carboxylic acids is 3. The molecule has 0 bridgehead atoms. The third kappa shape index (κ3) is 56.7. The Morgan fingerprint density at radius 2 is 0.625 bits per heavy atom. The summed E-state index contributed by atoms with van der Waals surface area (Å²) in [7, 11) is 0. The lowest BCUT2D eigenvalue weighted by atomic mass is 10.0. The van der Waals surface area contributed by atoms with Crippen LogP contribution in [0.3, 0.4) is 0 Å². The topological polar surface area (TPSA) is 112 Å². The van der Waals surface area contributed by atoms with Crippen LogP contribution in [-0.4, -0.2) is 33.2 Å². The zero-order valence-corrected chi connectivity index (χ0v) is 21.2. The summed E-state index contributed by atoms with van der Waals surface area (Å²) in [5.74, 6) is -2.32. The van der Waals surface area contributed by atoms with Gasteiger partial charge in [0.2, 0.25) is 0 Å². The monoisotopic (exact) mass is 460 g/mol. The van der Waals surface area contributed by atoms with Crippen molar-refractivity contribution in [1.29, 1.82) is 0 Å². The van der Waals surface area contributed by atoms with Gasteiger partial charge >= 0.3 is 5.97 Å². The van der Waals surface area contributed by atoms with Crippen molar-refractivity contribution in [3.63, 3.8) is 0 Å². The average molecular weight is 461 g/mol. The number of carboxylic acids is 3. The quantitative estimate of drug-likeness (QED) is 0.158. The van der Waals surface area contributed by atoms with Gasteiger partial charge in [0.05, 0.1) is 0 Å². The molecule has 0 unspecified atom stereocenters. The van der Waals surface area contributed by atoms with E-state index in [1.54, 1.807) is 0 Å². The van der Waals surface area contributed by atoms with E-state index in [2.05, 4.69) is 6.92 Å². The van der Waals surface area contributed by atoms with Crippen LogP contribution in [0.2, 0.25) is 0 Å². The number of hydrogen-bond acceptors (Lipinski definition) is 3. The molecule has 0 atom stereocenters. The van der Waals surface area contributed by atoms with Gasteiger partial charge in [0.15, 0.2) is 0 Å². The highest BCUT2D eigenvalue weighted by Crippen LogP contribution is 2.14. The Bertz CT molecular complexity index is 389. The molecular weight excluding hydrogens is 408 g/mol. The van der Waals surface area contributed by atoms with Crippen LogP contribution in [0.15, 0.2) is 0 Å². The van der Waals surface area contributed by atoms with Crippen molar-refractivity contribution < 1.29 is 29.7 Å². The van der Waals surface area contributed by atoms with Crippen molar-refractivity contribution in [2.24, 2.45) is 0 Å². The first kappa shape index (κ1) is 35.0. The lowest BCUT2D eigenvalue weighted by molar-refractivity contribution is -0.137. The number of unbranched alkanes of at least 4 members (excludes halogenated alkanes) is 18. The molecule has 0 heterocycles. The lowest BCUT2D eigenvalue weighted by Crippen LogP contribution is -1.93. The molecule has 0 spiro atoms. The number of hydrogen-bond donors (Lipinski definition) is 3. The van der Waals surface area contributed by atoms with E-state index in [0.29, 0.717) is 6.42 Å². The zero-order chi connectivity index (χ0) is 24.9. The Labute approximate surface area is 197 Å². The lowest BCUT2D eigenvalue weighted by Gasteiger charge is -2.03. The van der Waals surface area contributed by atoms with Crippen LogP contribution in [0, 0.1) is 0 Å². The van der Waals surface area contributed by atoms with Crippen LogP contribution in [0.25, 0.3) is 0 Å². The third-order valence-electron chi connectivity index (χ3n) is 4.99. The van der Waals surface area contributed by atoms with Gasteiger partial charge in [0.25, 0.3) is 11.9 Å². The summed E-state index contributed by atoms with van der Waals surface area (Å²) in [4.78, 5) is 28.4. The van der Waals surface area contributed by atoms with Crippen LogP contribution >= 0.6 is 0 Å². The molecule has 192 valence electrons. The van der Waals surface area contributed by atoms with Gasteiger partial charge in [-0.2, -0.15) is 0 Å². The molecule has 0 aromatic rings. The van der Waals surface area contributed by atoms with Crippen molar-refractivity contribution in [2.75, 3.05) is 0 Å². The SMILES string of the molecule is CC(=O)O.CC(=O)O.CCCCCCCCCCCCCCCCCCCCCC(=O)O. The average Bonchev–Trinajstić information content (AvgIpc) is 2.68. The van der Waals surface area contributed by atoms with E-state index in [0.717, 1.165) is 26.7 Å². The van der Waals surface area contributed by atoms with Gasteiger partial charge < -0.3 is 15.3 Å². The molecule has 0 aromatic heterocycles. The van der Waals surface area contributed by atoms with Gasteiger partial charge in [0, 0.05) is 20.3 Å². The molecule has 0 radical (unpaired) electrons. The van der Waals surface area contributed by atoms with Crippen LogP contribution in [0.4, 0.5) is 0 Å². The fourth-order valence-corrected chi connectivity index (χ4v) is 3.35. The maximum atomic E-state index is 10.4. The predicted octanol–water partition coefficient (Wildman–Crippen LogP) is 8.07. The fourth-order valence-electron chi connectivity index (χ4n) is 3.35. The molecule has 6 heteroatoms. The van der Waals surface area contributed by atoms with Crippen molar-refractivity contribution in [3.05, 3.63) is 0 Å². The summed E-state index contributed by atoms with van der Waals surface area (Å²) in [5, 5.41) is 23.4. The van der Waals surface area contributed by atoms with Crippen LogP contribution < -0.4 is 0 Å². The second-order valence-corrected chi connectivity index (χ2v) is 8.55. The Balaban J connectivity index is -0.000000896. The van der Waals surface area contributed by atoms with Gasteiger partial charge in [-0.15, -0.1) is 0 Å². The summed E-state index contributed by atoms with van der Waals surface area (Å²) < 4.78 is 0. The molecule has 0 aromatic carbocycles. The summed E-state index contributed by atoms with van der Waals surface area (Å²) in [6.07, 6.45) is 26.1. The third-order valence-corrected chi connectivity index (χ3v) is 4.99. The minimum Gasteiger partial charge on any atom is -0.481 e. The van der Waals surface area contributed by atoms with Crippen LogP contribution in [-0.2, 0) is 14.4 Å². The van der Waals surface area contributed by atoms with Gasteiger partial charge in [-0.25, -0.2) is 0 Å². The fraction of sp³-hybridized carbons (Fsp3) is 0.885. The molecule has 0 saturated heterocycles. The predicted molar refractivity (Wildman–Crippen MR) is 132 cm³/mol. The van der Waals surface area contributed by atoms with Gasteiger partial charge in [-0.1, -0.05) is 122 Å². The highest BCUT2D eigenvalue weighted by atomic mass is 16.4. The molecule has 0 amide bonds. The van der Waals surface area contributed by atoms with Crippen LogP contribution in [0.5, 0.6) is 0 Å². The molecule has 0 aliphatic rings. The minimum absolute atomic E-state index is 0.346. The first-order valence-electron chi connectivity index (χ1n) is 12.8. The molecule has 32 heavy (non-hydrogen) atoms.